The zero-order valence-corrected chi connectivity index (χ0v) is 13.6. The van der Waals surface area contributed by atoms with Crippen molar-refractivity contribution < 1.29 is 4.79 Å². The number of benzene rings is 1. The molecule has 3 rings (SSSR count). The molecule has 1 aliphatic rings. The third-order valence-electron chi connectivity index (χ3n) is 4.31. The van der Waals surface area contributed by atoms with Crippen molar-refractivity contribution in [2.24, 2.45) is 5.92 Å². The second kappa shape index (κ2) is 5.80. The van der Waals surface area contributed by atoms with E-state index < -0.39 is 0 Å². The van der Waals surface area contributed by atoms with Gasteiger partial charge in [0.1, 0.15) is 0 Å². The fourth-order valence-electron chi connectivity index (χ4n) is 3.18. The molecule has 1 aromatic carbocycles. The van der Waals surface area contributed by atoms with Crippen LogP contribution in [0.1, 0.15) is 32.7 Å². The van der Waals surface area contributed by atoms with Crippen molar-refractivity contribution in [2.45, 2.75) is 32.7 Å². The molecule has 2 heterocycles. The van der Waals surface area contributed by atoms with Gasteiger partial charge in [-0.3, -0.25) is 9.36 Å². The summed E-state index contributed by atoms with van der Waals surface area (Å²) in [6.45, 7) is 5.24. The van der Waals surface area contributed by atoms with E-state index in [4.69, 9.17) is 11.6 Å². The van der Waals surface area contributed by atoms with Crippen LogP contribution in [0.15, 0.2) is 23.0 Å². The van der Waals surface area contributed by atoms with Gasteiger partial charge in [0.05, 0.1) is 11.0 Å². The monoisotopic (exact) mass is 321 g/mol. The number of rotatable bonds is 2. The van der Waals surface area contributed by atoms with Crippen LogP contribution in [0.2, 0.25) is 5.02 Å². The number of carbonyl (C=O) groups excluding carboxylic acids is 1. The molecule has 0 atom stereocenters. The number of aromatic amines is 1. The largest absolute Gasteiger partial charge is 0.342 e. The highest BCUT2D eigenvalue weighted by molar-refractivity contribution is 6.31. The Kier molecular flexibility index (Phi) is 4.00. The van der Waals surface area contributed by atoms with Gasteiger partial charge in [-0.25, -0.2) is 4.79 Å². The number of imidazole rings is 1. The maximum Gasteiger partial charge on any atom is 0.326 e. The van der Waals surface area contributed by atoms with Gasteiger partial charge in [0.15, 0.2) is 0 Å². The van der Waals surface area contributed by atoms with Crippen LogP contribution in [0.4, 0.5) is 0 Å². The van der Waals surface area contributed by atoms with E-state index >= 15 is 0 Å². The number of aromatic nitrogens is 2. The fraction of sp³-hybridized carbons (Fsp3) is 0.500. The number of hydrogen-bond donors (Lipinski definition) is 1. The Balaban J connectivity index is 1.84. The standard InChI is InChI=1S/C16H20ClN3O2/c1-10(2)15(21)19-7-5-12(6-8-19)20-14-4-3-11(17)9-13(14)18-16(20)22/h3-4,9-10,12H,5-8H2,1-2H3,(H,18,22). The number of likely N-dealkylation sites (tertiary alicyclic amines) is 1. The third-order valence-corrected chi connectivity index (χ3v) is 4.55. The Morgan fingerprint density at radius 2 is 2.00 bits per heavy atom. The van der Waals surface area contributed by atoms with Crippen LogP contribution in [0.5, 0.6) is 0 Å². The Hall–Kier alpha value is -1.75. The number of carbonyl (C=O) groups is 1. The van der Waals surface area contributed by atoms with Gasteiger partial charge in [-0.05, 0) is 31.0 Å². The molecule has 0 unspecified atom stereocenters. The summed E-state index contributed by atoms with van der Waals surface area (Å²) in [4.78, 5) is 29.1. The van der Waals surface area contributed by atoms with E-state index in [2.05, 4.69) is 4.98 Å². The van der Waals surface area contributed by atoms with Crippen LogP contribution in [0.3, 0.4) is 0 Å². The van der Waals surface area contributed by atoms with Crippen molar-refractivity contribution in [3.05, 3.63) is 33.7 Å². The highest BCUT2D eigenvalue weighted by Crippen LogP contribution is 2.26. The van der Waals surface area contributed by atoms with Gasteiger partial charge in [0.25, 0.3) is 0 Å². The third kappa shape index (κ3) is 2.65. The second-order valence-corrected chi connectivity index (χ2v) is 6.61. The lowest BCUT2D eigenvalue weighted by Gasteiger charge is -2.33. The molecule has 0 radical (unpaired) electrons. The number of amides is 1. The molecule has 6 heteroatoms. The minimum absolute atomic E-state index is 0.0227. The molecule has 0 aliphatic carbocycles. The molecule has 22 heavy (non-hydrogen) atoms. The fourth-order valence-corrected chi connectivity index (χ4v) is 3.35. The minimum atomic E-state index is -0.106. The highest BCUT2D eigenvalue weighted by Gasteiger charge is 2.26. The van der Waals surface area contributed by atoms with Gasteiger partial charge >= 0.3 is 5.69 Å². The summed E-state index contributed by atoms with van der Waals surface area (Å²) in [7, 11) is 0. The molecule has 1 saturated heterocycles. The maximum atomic E-state index is 12.3. The first-order valence-corrected chi connectivity index (χ1v) is 8.03. The number of piperidine rings is 1. The molecular formula is C16H20ClN3O2. The Morgan fingerprint density at radius 3 is 2.64 bits per heavy atom. The molecule has 1 N–H and O–H groups in total. The Labute approximate surface area is 133 Å². The zero-order valence-electron chi connectivity index (χ0n) is 12.8. The van der Waals surface area contributed by atoms with E-state index in [1.165, 1.54) is 0 Å². The van der Waals surface area contributed by atoms with Gasteiger partial charge in [-0.2, -0.15) is 0 Å². The molecule has 1 amide bonds. The van der Waals surface area contributed by atoms with Crippen LogP contribution in [0, 0.1) is 5.92 Å². The molecule has 0 bridgehead atoms. The van der Waals surface area contributed by atoms with Gasteiger partial charge in [0.2, 0.25) is 5.91 Å². The molecule has 1 fully saturated rings. The van der Waals surface area contributed by atoms with Crippen molar-refractivity contribution in [3.8, 4) is 0 Å². The summed E-state index contributed by atoms with van der Waals surface area (Å²) < 4.78 is 1.81. The predicted octanol–water partition coefficient (Wildman–Crippen LogP) is 2.80. The molecule has 2 aromatic rings. The normalized spacial score (nSPS) is 16.6. The summed E-state index contributed by atoms with van der Waals surface area (Å²) in [6, 6.07) is 5.57. The van der Waals surface area contributed by atoms with E-state index in [-0.39, 0.29) is 23.6 Å². The average molecular weight is 322 g/mol. The molecule has 118 valence electrons. The number of halogens is 1. The molecule has 1 aromatic heterocycles. The van der Waals surface area contributed by atoms with Crippen molar-refractivity contribution >= 4 is 28.5 Å². The first-order chi connectivity index (χ1) is 10.5. The van der Waals surface area contributed by atoms with E-state index in [1.54, 1.807) is 12.1 Å². The number of hydrogen-bond acceptors (Lipinski definition) is 2. The number of fused-ring (bicyclic) bond motifs is 1. The zero-order chi connectivity index (χ0) is 15.9. The van der Waals surface area contributed by atoms with E-state index in [9.17, 15) is 9.59 Å². The second-order valence-electron chi connectivity index (χ2n) is 6.17. The molecular weight excluding hydrogens is 302 g/mol. The van der Waals surface area contributed by atoms with Crippen LogP contribution < -0.4 is 5.69 Å². The topological polar surface area (TPSA) is 58.1 Å². The van der Waals surface area contributed by atoms with Crippen molar-refractivity contribution in [2.75, 3.05) is 13.1 Å². The van der Waals surface area contributed by atoms with Crippen molar-refractivity contribution in [3.63, 3.8) is 0 Å². The smallest absolute Gasteiger partial charge is 0.326 e. The van der Waals surface area contributed by atoms with Crippen LogP contribution >= 0.6 is 11.6 Å². The van der Waals surface area contributed by atoms with Gasteiger partial charge in [-0.1, -0.05) is 25.4 Å². The molecule has 0 saturated carbocycles. The number of H-pyrrole nitrogens is 1. The predicted molar refractivity (Wildman–Crippen MR) is 87.3 cm³/mol. The highest BCUT2D eigenvalue weighted by atomic mass is 35.5. The summed E-state index contributed by atoms with van der Waals surface area (Å²) in [5, 5.41) is 0.609. The Bertz CT molecular complexity index is 754. The Morgan fingerprint density at radius 1 is 1.32 bits per heavy atom. The molecule has 1 aliphatic heterocycles. The van der Waals surface area contributed by atoms with Crippen LogP contribution in [0.25, 0.3) is 11.0 Å². The lowest BCUT2D eigenvalue weighted by Crippen LogP contribution is -2.42. The van der Waals surface area contributed by atoms with Crippen LogP contribution in [-0.2, 0) is 4.79 Å². The lowest BCUT2D eigenvalue weighted by atomic mass is 10.0. The van der Waals surface area contributed by atoms with Crippen molar-refractivity contribution in [1.29, 1.82) is 0 Å². The van der Waals surface area contributed by atoms with Crippen molar-refractivity contribution in [1.82, 2.24) is 14.5 Å². The van der Waals surface area contributed by atoms with Gasteiger partial charge < -0.3 is 9.88 Å². The first-order valence-electron chi connectivity index (χ1n) is 7.66. The van der Waals surface area contributed by atoms with E-state index in [1.807, 2.05) is 29.4 Å². The lowest BCUT2D eigenvalue weighted by molar-refractivity contribution is -0.135. The SMILES string of the molecule is CC(C)C(=O)N1CCC(n2c(=O)[nH]c3cc(Cl)ccc32)CC1. The summed E-state index contributed by atoms with van der Waals surface area (Å²) >= 11 is 5.97. The summed E-state index contributed by atoms with van der Waals surface area (Å²) in [5.74, 6) is 0.214. The minimum Gasteiger partial charge on any atom is -0.342 e. The van der Waals surface area contributed by atoms with Crippen LogP contribution in [-0.4, -0.2) is 33.4 Å². The summed E-state index contributed by atoms with van der Waals surface area (Å²) in [6.07, 6.45) is 1.60. The van der Waals surface area contributed by atoms with Gasteiger partial charge in [-0.15, -0.1) is 0 Å². The first kappa shape index (κ1) is 15.2. The van der Waals surface area contributed by atoms with E-state index in [0.717, 1.165) is 23.9 Å². The number of nitrogens with one attached hydrogen (secondary N) is 1. The molecule has 0 spiro atoms. The summed E-state index contributed by atoms with van der Waals surface area (Å²) in [5.41, 5.74) is 1.53. The quantitative estimate of drug-likeness (QED) is 0.924. The number of nitrogens with zero attached hydrogens (tertiary/aromatic N) is 2. The van der Waals surface area contributed by atoms with E-state index in [0.29, 0.717) is 18.1 Å². The average Bonchev–Trinajstić information content (AvgIpc) is 2.81. The molecule has 5 nitrogen and oxygen atoms in total. The maximum absolute atomic E-state index is 12.3. The van der Waals surface area contributed by atoms with Gasteiger partial charge in [0, 0.05) is 30.1 Å².